The molecule has 0 saturated heterocycles. The first kappa shape index (κ1) is 21.5. The van der Waals surface area contributed by atoms with Crippen LogP contribution in [0, 0.1) is 0 Å². The molecule has 1 aromatic carbocycles. The normalized spacial score (nSPS) is 8.53. The lowest BCUT2D eigenvalue weighted by atomic mass is 10.1. The van der Waals surface area contributed by atoms with E-state index in [-0.39, 0.29) is 14.1 Å². The first-order valence-electron chi connectivity index (χ1n) is 5.59. The third-order valence-corrected chi connectivity index (χ3v) is 2.76. The Morgan fingerprint density at radius 3 is 1.88 bits per heavy atom. The van der Waals surface area contributed by atoms with E-state index in [4.69, 9.17) is 12.6 Å². The van der Waals surface area contributed by atoms with Crippen molar-refractivity contribution in [2.24, 2.45) is 0 Å². The van der Waals surface area contributed by atoms with Crippen molar-refractivity contribution in [3.8, 4) is 0 Å². The molecule has 0 atom stereocenters. The van der Waals surface area contributed by atoms with Gasteiger partial charge in [-0.15, -0.1) is 0 Å². The van der Waals surface area contributed by atoms with Gasteiger partial charge >= 0.3 is 0 Å². The van der Waals surface area contributed by atoms with Crippen LogP contribution in [0.5, 0.6) is 0 Å². The fourth-order valence-corrected chi connectivity index (χ4v) is 1.72. The van der Waals surface area contributed by atoms with Gasteiger partial charge in [-0.2, -0.15) is 0 Å². The number of hydrogen-bond donors (Lipinski definition) is 0. The van der Waals surface area contributed by atoms with E-state index in [1.165, 1.54) is 44.1 Å². The Labute approximate surface area is 107 Å². The van der Waals surface area contributed by atoms with Gasteiger partial charge in [-0.1, -0.05) is 57.4 Å². The van der Waals surface area contributed by atoms with E-state index in [2.05, 4.69) is 19.1 Å². The highest BCUT2D eigenvalue weighted by molar-refractivity contribution is 7.80. The van der Waals surface area contributed by atoms with Crippen molar-refractivity contribution in [2.45, 2.75) is 50.3 Å². The SMILES string of the molecule is CCCCCCCc1ccc([S])cc1.F.F.F. The summed E-state index contributed by atoms with van der Waals surface area (Å²) in [5, 5.41) is 0. The van der Waals surface area contributed by atoms with Crippen LogP contribution in [0.15, 0.2) is 29.2 Å². The lowest BCUT2D eigenvalue weighted by Crippen LogP contribution is -1.85. The van der Waals surface area contributed by atoms with Crippen molar-refractivity contribution in [1.82, 2.24) is 0 Å². The average molecular weight is 267 g/mol. The summed E-state index contributed by atoms with van der Waals surface area (Å²) in [7, 11) is 0. The Balaban J connectivity index is -0.000000653. The van der Waals surface area contributed by atoms with E-state index in [1.807, 2.05) is 12.1 Å². The molecule has 1 radical (unpaired) electrons. The van der Waals surface area contributed by atoms with Crippen LogP contribution >= 0.6 is 12.6 Å². The fraction of sp³-hybridized carbons (Fsp3) is 0.538. The minimum absolute atomic E-state index is 0. The molecule has 4 heteroatoms. The zero-order valence-corrected chi connectivity index (χ0v) is 11.0. The molecule has 0 aliphatic heterocycles. The second-order valence-corrected chi connectivity index (χ2v) is 4.28. The first-order chi connectivity index (χ1) is 6.83. The second kappa shape index (κ2) is 13.3. The van der Waals surface area contributed by atoms with E-state index in [0.717, 1.165) is 4.90 Å². The summed E-state index contributed by atoms with van der Waals surface area (Å²) in [4.78, 5) is 0.944. The van der Waals surface area contributed by atoms with Crippen molar-refractivity contribution < 1.29 is 14.1 Å². The number of benzene rings is 1. The number of unbranched alkanes of at least 4 members (excludes halogenated alkanes) is 4. The Morgan fingerprint density at radius 1 is 0.824 bits per heavy atom. The quantitative estimate of drug-likeness (QED) is 0.620. The smallest absolute Gasteiger partial charge is 0.0377 e. The van der Waals surface area contributed by atoms with E-state index in [1.54, 1.807) is 0 Å². The molecule has 0 nitrogen and oxygen atoms in total. The van der Waals surface area contributed by atoms with E-state index in [0.29, 0.717) is 0 Å². The maximum Gasteiger partial charge on any atom is 0.0377 e. The lowest BCUT2D eigenvalue weighted by Gasteiger charge is -2.01. The molecular formula is C13H22F3S. The molecule has 0 spiro atoms. The topological polar surface area (TPSA) is 0 Å². The molecule has 0 fully saturated rings. The van der Waals surface area contributed by atoms with Gasteiger partial charge in [0.05, 0.1) is 0 Å². The maximum atomic E-state index is 5.04. The summed E-state index contributed by atoms with van der Waals surface area (Å²) >= 11 is 5.04. The summed E-state index contributed by atoms with van der Waals surface area (Å²) in [6.07, 6.45) is 7.98. The van der Waals surface area contributed by atoms with Crippen molar-refractivity contribution in [3.05, 3.63) is 29.8 Å². The molecule has 0 amide bonds. The van der Waals surface area contributed by atoms with Gasteiger partial charge in [0.2, 0.25) is 0 Å². The summed E-state index contributed by atoms with van der Waals surface area (Å²) in [5.41, 5.74) is 1.43. The van der Waals surface area contributed by atoms with Crippen LogP contribution in [0.3, 0.4) is 0 Å². The van der Waals surface area contributed by atoms with Gasteiger partial charge in [0.15, 0.2) is 0 Å². The molecule has 0 aliphatic rings. The Bertz CT molecular complexity index is 249. The number of hydrogen-bond acceptors (Lipinski definition) is 0. The zero-order valence-electron chi connectivity index (χ0n) is 10.2. The predicted molar refractivity (Wildman–Crippen MR) is 72.3 cm³/mol. The molecule has 0 bridgehead atoms. The molecular weight excluding hydrogens is 245 g/mol. The molecule has 101 valence electrons. The predicted octanol–water partition coefficient (Wildman–Crippen LogP) is 5.21. The minimum Gasteiger partial charge on any atom is -0.269 e. The van der Waals surface area contributed by atoms with Gasteiger partial charge in [0.1, 0.15) is 0 Å². The molecule has 0 saturated carbocycles. The molecule has 0 aliphatic carbocycles. The molecule has 0 heterocycles. The lowest BCUT2D eigenvalue weighted by molar-refractivity contribution is 0.632. The summed E-state index contributed by atoms with van der Waals surface area (Å²) < 4.78 is 0. The number of rotatable bonds is 6. The van der Waals surface area contributed by atoms with Crippen LogP contribution < -0.4 is 0 Å². The summed E-state index contributed by atoms with van der Waals surface area (Å²) in [6.45, 7) is 2.25. The number of aryl methyl sites for hydroxylation is 1. The fourth-order valence-electron chi connectivity index (χ4n) is 1.59. The van der Waals surface area contributed by atoms with Crippen molar-refractivity contribution >= 4 is 12.6 Å². The van der Waals surface area contributed by atoms with Crippen LogP contribution in [-0.4, -0.2) is 0 Å². The highest BCUT2D eigenvalue weighted by Crippen LogP contribution is 2.11. The molecule has 0 N–H and O–H groups in total. The van der Waals surface area contributed by atoms with Crippen LogP contribution in [0.1, 0.15) is 44.6 Å². The second-order valence-electron chi connectivity index (χ2n) is 3.81. The van der Waals surface area contributed by atoms with Crippen molar-refractivity contribution in [3.63, 3.8) is 0 Å². The monoisotopic (exact) mass is 267 g/mol. The van der Waals surface area contributed by atoms with Crippen LogP contribution in [0.25, 0.3) is 0 Å². The highest BCUT2D eigenvalue weighted by atomic mass is 32.1. The van der Waals surface area contributed by atoms with E-state index in [9.17, 15) is 0 Å². The Kier molecular flexibility index (Phi) is 16.8. The molecule has 0 unspecified atom stereocenters. The Morgan fingerprint density at radius 2 is 1.35 bits per heavy atom. The molecule has 0 aromatic heterocycles. The molecule has 17 heavy (non-hydrogen) atoms. The number of halogens is 3. The van der Waals surface area contributed by atoms with Gasteiger partial charge in [-0.05, 0) is 30.5 Å². The Hall–Kier alpha value is -0.770. The van der Waals surface area contributed by atoms with Gasteiger partial charge in [0, 0.05) is 4.90 Å². The van der Waals surface area contributed by atoms with Crippen molar-refractivity contribution in [2.75, 3.05) is 0 Å². The standard InChI is InChI=1S/C13H19S.3FH/c1-2-3-4-5-6-7-12-8-10-13(14)11-9-12;;;/h8-11H,2-7H2,1H3;3*1H. The average Bonchev–Trinajstić information content (AvgIpc) is 2.21. The minimum atomic E-state index is 0. The summed E-state index contributed by atoms with van der Waals surface area (Å²) in [5.74, 6) is 0. The molecule has 1 aromatic rings. The van der Waals surface area contributed by atoms with Gasteiger partial charge in [-0.3, -0.25) is 14.1 Å². The third kappa shape index (κ3) is 10.1. The summed E-state index contributed by atoms with van der Waals surface area (Å²) in [6, 6.07) is 8.36. The van der Waals surface area contributed by atoms with Gasteiger partial charge in [0.25, 0.3) is 0 Å². The third-order valence-electron chi connectivity index (χ3n) is 2.49. The molecule has 1 rings (SSSR count). The first-order valence-corrected chi connectivity index (χ1v) is 5.99. The van der Waals surface area contributed by atoms with E-state index >= 15 is 0 Å². The maximum absolute atomic E-state index is 5.04. The largest absolute Gasteiger partial charge is 0.269 e. The van der Waals surface area contributed by atoms with E-state index < -0.39 is 0 Å². The zero-order chi connectivity index (χ0) is 10.2. The van der Waals surface area contributed by atoms with Gasteiger partial charge < -0.3 is 0 Å². The van der Waals surface area contributed by atoms with Crippen LogP contribution in [-0.2, 0) is 6.42 Å². The van der Waals surface area contributed by atoms with Gasteiger partial charge in [-0.25, -0.2) is 0 Å². The van der Waals surface area contributed by atoms with Crippen molar-refractivity contribution in [1.29, 1.82) is 0 Å². The van der Waals surface area contributed by atoms with Crippen LogP contribution in [0.4, 0.5) is 14.1 Å². The van der Waals surface area contributed by atoms with Crippen LogP contribution in [0.2, 0.25) is 0 Å². The highest BCUT2D eigenvalue weighted by Gasteiger charge is 1.93.